The fourth-order valence-electron chi connectivity index (χ4n) is 2.27. The molecule has 1 aliphatic heterocycles. The van der Waals surface area contributed by atoms with Crippen LogP contribution in [0.2, 0.25) is 0 Å². The summed E-state index contributed by atoms with van der Waals surface area (Å²) in [6.45, 7) is 4.06. The Morgan fingerprint density at radius 3 is 2.38 bits per heavy atom. The fourth-order valence-corrected chi connectivity index (χ4v) is 2.27. The van der Waals surface area contributed by atoms with Crippen LogP contribution in [0.3, 0.4) is 0 Å². The summed E-state index contributed by atoms with van der Waals surface area (Å²) in [6.07, 6.45) is 3.68. The Balaban J connectivity index is 1.96. The van der Waals surface area contributed by atoms with Gasteiger partial charge in [0.25, 0.3) is 0 Å². The molecule has 0 unspecified atom stereocenters. The molecule has 0 saturated carbocycles. The highest BCUT2D eigenvalue weighted by atomic mass is 16.5. The van der Waals surface area contributed by atoms with E-state index in [1.165, 1.54) is 5.56 Å². The number of rotatable bonds is 2. The smallest absolute Gasteiger partial charge is 0.343 e. The zero-order chi connectivity index (χ0) is 14.8. The van der Waals surface area contributed by atoms with Crippen LogP contribution < -0.4 is 0 Å². The van der Waals surface area contributed by atoms with Gasteiger partial charge in [0.15, 0.2) is 0 Å². The van der Waals surface area contributed by atoms with Crippen molar-refractivity contribution in [2.45, 2.75) is 13.8 Å². The molecule has 2 aromatic carbocycles. The highest BCUT2D eigenvalue weighted by molar-refractivity contribution is 6.05. The Labute approximate surface area is 124 Å². The molecule has 0 atom stereocenters. The third-order valence-electron chi connectivity index (χ3n) is 3.56. The van der Waals surface area contributed by atoms with Gasteiger partial charge in [0.05, 0.1) is 5.57 Å². The minimum absolute atomic E-state index is 0.297. The number of esters is 1. The molecule has 0 radical (unpaired) electrons. The topological polar surface area (TPSA) is 26.3 Å². The van der Waals surface area contributed by atoms with E-state index in [2.05, 4.69) is 0 Å². The van der Waals surface area contributed by atoms with E-state index in [-0.39, 0.29) is 5.97 Å². The number of benzene rings is 2. The maximum atomic E-state index is 12.0. The molecule has 0 amide bonds. The summed E-state index contributed by atoms with van der Waals surface area (Å²) in [5.74, 6) is 0.314. The predicted octanol–water partition coefficient (Wildman–Crippen LogP) is 4.28. The van der Waals surface area contributed by atoms with Gasteiger partial charge in [0.2, 0.25) is 0 Å². The van der Waals surface area contributed by atoms with Crippen LogP contribution >= 0.6 is 0 Å². The molecule has 2 nitrogen and oxygen atoms in total. The first-order valence-corrected chi connectivity index (χ1v) is 6.92. The predicted molar refractivity (Wildman–Crippen MR) is 84.4 cm³/mol. The van der Waals surface area contributed by atoms with Gasteiger partial charge in [-0.25, -0.2) is 4.79 Å². The molecular formula is C19H16O2. The number of hydrogen-bond donors (Lipinski definition) is 0. The molecule has 0 N–H and O–H groups in total. The molecule has 0 aromatic heterocycles. The van der Waals surface area contributed by atoms with Crippen molar-refractivity contribution in [3.63, 3.8) is 0 Å². The molecule has 0 bridgehead atoms. The van der Waals surface area contributed by atoms with Crippen molar-refractivity contribution >= 4 is 17.8 Å². The molecule has 0 aliphatic carbocycles. The molecule has 0 spiro atoms. The monoisotopic (exact) mass is 276 g/mol. The van der Waals surface area contributed by atoms with E-state index in [9.17, 15) is 4.79 Å². The number of hydrogen-bond acceptors (Lipinski definition) is 2. The lowest BCUT2D eigenvalue weighted by atomic mass is 10.1. The molecule has 2 aromatic rings. The first kappa shape index (κ1) is 13.4. The first-order valence-electron chi connectivity index (χ1n) is 6.92. The lowest BCUT2D eigenvalue weighted by molar-refractivity contribution is -0.130. The van der Waals surface area contributed by atoms with E-state index in [0.29, 0.717) is 11.3 Å². The van der Waals surface area contributed by atoms with Crippen LogP contribution in [0.15, 0.2) is 60.2 Å². The van der Waals surface area contributed by atoms with Crippen molar-refractivity contribution in [3.8, 4) is 0 Å². The SMILES string of the molecule is Cc1ccc(C2=CC(=Cc3ccccc3C)C(=O)O2)cc1. The highest BCUT2D eigenvalue weighted by Gasteiger charge is 2.21. The van der Waals surface area contributed by atoms with Gasteiger partial charge in [-0.15, -0.1) is 0 Å². The summed E-state index contributed by atoms with van der Waals surface area (Å²) in [4.78, 5) is 12.0. The van der Waals surface area contributed by atoms with E-state index < -0.39 is 0 Å². The molecule has 1 heterocycles. The summed E-state index contributed by atoms with van der Waals surface area (Å²) in [6, 6.07) is 15.9. The first-order chi connectivity index (χ1) is 10.1. The summed E-state index contributed by atoms with van der Waals surface area (Å²) in [7, 11) is 0. The lowest BCUT2D eigenvalue weighted by Gasteiger charge is -2.01. The summed E-state index contributed by atoms with van der Waals surface area (Å²) >= 11 is 0. The molecule has 21 heavy (non-hydrogen) atoms. The van der Waals surface area contributed by atoms with Crippen LogP contribution in [0.4, 0.5) is 0 Å². The molecule has 0 fully saturated rings. The van der Waals surface area contributed by atoms with Crippen molar-refractivity contribution < 1.29 is 9.53 Å². The van der Waals surface area contributed by atoms with Crippen LogP contribution in [0.5, 0.6) is 0 Å². The van der Waals surface area contributed by atoms with E-state index in [1.54, 1.807) is 6.08 Å². The van der Waals surface area contributed by atoms with Gasteiger partial charge in [-0.2, -0.15) is 0 Å². The third kappa shape index (κ3) is 2.79. The summed E-state index contributed by atoms with van der Waals surface area (Å²) in [5, 5.41) is 0. The van der Waals surface area contributed by atoms with Gasteiger partial charge in [-0.3, -0.25) is 0 Å². The Morgan fingerprint density at radius 2 is 1.67 bits per heavy atom. The van der Waals surface area contributed by atoms with Crippen molar-refractivity contribution in [3.05, 3.63) is 82.4 Å². The minimum atomic E-state index is -0.297. The Bertz CT molecular complexity index is 749. The van der Waals surface area contributed by atoms with E-state index in [1.807, 2.05) is 68.5 Å². The van der Waals surface area contributed by atoms with Gasteiger partial charge in [-0.05, 0) is 37.1 Å². The normalized spacial score (nSPS) is 16.0. The van der Waals surface area contributed by atoms with E-state index in [4.69, 9.17) is 4.74 Å². The second kappa shape index (κ2) is 5.41. The van der Waals surface area contributed by atoms with Gasteiger partial charge < -0.3 is 4.74 Å². The van der Waals surface area contributed by atoms with Crippen molar-refractivity contribution in [1.82, 2.24) is 0 Å². The van der Waals surface area contributed by atoms with Crippen molar-refractivity contribution in [1.29, 1.82) is 0 Å². The van der Waals surface area contributed by atoms with Crippen molar-refractivity contribution in [2.75, 3.05) is 0 Å². The van der Waals surface area contributed by atoms with E-state index >= 15 is 0 Å². The zero-order valence-electron chi connectivity index (χ0n) is 12.1. The minimum Gasteiger partial charge on any atom is -0.422 e. The molecule has 104 valence electrons. The van der Waals surface area contributed by atoms with E-state index in [0.717, 1.165) is 16.7 Å². The van der Waals surface area contributed by atoms with Gasteiger partial charge in [0, 0.05) is 5.56 Å². The van der Waals surface area contributed by atoms with Crippen LogP contribution in [0, 0.1) is 13.8 Å². The number of carbonyl (C=O) groups excluding carboxylic acids is 1. The molecular weight excluding hydrogens is 260 g/mol. The summed E-state index contributed by atoms with van der Waals surface area (Å²) in [5.41, 5.74) is 4.85. The molecule has 1 aliphatic rings. The maximum Gasteiger partial charge on any atom is 0.343 e. The van der Waals surface area contributed by atoms with Crippen molar-refractivity contribution in [2.24, 2.45) is 0 Å². The average Bonchev–Trinajstić information content (AvgIpc) is 2.83. The van der Waals surface area contributed by atoms with Gasteiger partial charge in [0.1, 0.15) is 5.76 Å². The van der Waals surface area contributed by atoms with Crippen LogP contribution in [-0.2, 0) is 9.53 Å². The fraction of sp³-hybridized carbons (Fsp3) is 0.105. The summed E-state index contributed by atoms with van der Waals surface area (Å²) < 4.78 is 5.37. The lowest BCUT2D eigenvalue weighted by Crippen LogP contribution is -1.97. The molecule has 2 heteroatoms. The molecule has 0 saturated heterocycles. The second-order valence-electron chi connectivity index (χ2n) is 5.22. The Kier molecular flexibility index (Phi) is 3.44. The number of carbonyl (C=O) groups is 1. The molecule has 3 rings (SSSR count). The zero-order valence-corrected chi connectivity index (χ0v) is 12.1. The van der Waals surface area contributed by atoms with Crippen LogP contribution in [-0.4, -0.2) is 5.97 Å². The highest BCUT2D eigenvalue weighted by Crippen LogP contribution is 2.28. The largest absolute Gasteiger partial charge is 0.422 e. The Morgan fingerprint density at radius 1 is 0.952 bits per heavy atom. The van der Waals surface area contributed by atoms with Crippen LogP contribution in [0.1, 0.15) is 22.3 Å². The van der Waals surface area contributed by atoms with Gasteiger partial charge in [-0.1, -0.05) is 54.1 Å². The van der Waals surface area contributed by atoms with Crippen LogP contribution in [0.25, 0.3) is 11.8 Å². The number of cyclic esters (lactones) is 1. The standard InChI is InChI=1S/C19H16O2/c1-13-7-9-15(10-8-13)18-12-17(19(20)21-18)11-16-6-4-3-5-14(16)2/h3-12H,1-2H3. The maximum absolute atomic E-state index is 12.0. The number of aryl methyl sites for hydroxylation is 2. The quantitative estimate of drug-likeness (QED) is 0.604. The number of ether oxygens (including phenoxy) is 1. The Hall–Kier alpha value is -2.61. The third-order valence-corrected chi connectivity index (χ3v) is 3.56. The average molecular weight is 276 g/mol. The van der Waals surface area contributed by atoms with Gasteiger partial charge >= 0.3 is 5.97 Å². The second-order valence-corrected chi connectivity index (χ2v) is 5.22.